The number of hydrogen-bond donors (Lipinski definition) is 1. The molecule has 1 N–H and O–H groups in total. The van der Waals surface area contributed by atoms with Gasteiger partial charge in [0, 0.05) is 5.56 Å². The highest BCUT2D eigenvalue weighted by atomic mass is 16.5. The van der Waals surface area contributed by atoms with E-state index < -0.39 is 6.04 Å². The zero-order chi connectivity index (χ0) is 22.0. The van der Waals surface area contributed by atoms with Gasteiger partial charge in [0.15, 0.2) is 0 Å². The van der Waals surface area contributed by atoms with Gasteiger partial charge in [0.25, 0.3) is 5.91 Å². The minimum atomic E-state index is -0.670. The first-order chi connectivity index (χ1) is 14.6. The molecule has 0 heterocycles. The number of unbranched alkanes of at least 4 members (excludes halogenated alkanes) is 11. The van der Waals surface area contributed by atoms with E-state index in [0.29, 0.717) is 17.9 Å². The molecule has 170 valence electrons. The minimum Gasteiger partial charge on any atom is -0.497 e. The first kappa shape index (κ1) is 26.0. The van der Waals surface area contributed by atoms with Gasteiger partial charge in [-0.1, -0.05) is 77.6 Å². The van der Waals surface area contributed by atoms with Gasteiger partial charge < -0.3 is 14.8 Å². The maximum atomic E-state index is 12.2. The van der Waals surface area contributed by atoms with Gasteiger partial charge in [-0.15, -0.1) is 0 Å². The van der Waals surface area contributed by atoms with Crippen molar-refractivity contribution in [2.24, 2.45) is 0 Å². The van der Waals surface area contributed by atoms with Crippen LogP contribution in [-0.4, -0.2) is 31.6 Å². The lowest BCUT2D eigenvalue weighted by Crippen LogP contribution is -2.39. The van der Waals surface area contributed by atoms with Crippen molar-refractivity contribution in [2.75, 3.05) is 13.7 Å². The van der Waals surface area contributed by atoms with E-state index in [-0.39, 0.29) is 11.9 Å². The number of carbonyl (C=O) groups excluding carboxylic acids is 2. The predicted octanol–water partition coefficient (Wildman–Crippen LogP) is 6.06. The Hall–Kier alpha value is -2.04. The van der Waals surface area contributed by atoms with Gasteiger partial charge in [-0.05, 0) is 37.6 Å². The van der Waals surface area contributed by atoms with Gasteiger partial charge >= 0.3 is 5.97 Å². The lowest BCUT2D eigenvalue weighted by atomic mass is 10.1. The van der Waals surface area contributed by atoms with Crippen molar-refractivity contribution in [1.82, 2.24) is 5.32 Å². The lowest BCUT2D eigenvalue weighted by molar-refractivity contribution is -0.145. The fourth-order valence-electron chi connectivity index (χ4n) is 3.32. The monoisotopic (exact) mass is 419 g/mol. The number of esters is 1. The van der Waals surface area contributed by atoms with Crippen molar-refractivity contribution in [3.8, 4) is 5.75 Å². The summed E-state index contributed by atoms with van der Waals surface area (Å²) in [5.41, 5.74) is 0.483. The second-order valence-electron chi connectivity index (χ2n) is 7.98. The Bertz CT molecular complexity index is 585. The number of amides is 1. The smallest absolute Gasteiger partial charge is 0.328 e. The Labute approximate surface area is 182 Å². The van der Waals surface area contributed by atoms with E-state index in [1.807, 2.05) is 0 Å². The lowest BCUT2D eigenvalue weighted by Gasteiger charge is -2.13. The van der Waals surface area contributed by atoms with Crippen LogP contribution in [0.4, 0.5) is 0 Å². The Kier molecular flexibility index (Phi) is 14.5. The summed E-state index contributed by atoms with van der Waals surface area (Å²) in [5, 5.41) is 2.68. The molecule has 0 fully saturated rings. The van der Waals surface area contributed by atoms with E-state index >= 15 is 0 Å². The van der Waals surface area contributed by atoms with E-state index in [1.54, 1.807) is 38.3 Å². The van der Waals surface area contributed by atoms with Crippen LogP contribution in [0.3, 0.4) is 0 Å². The van der Waals surface area contributed by atoms with Crippen LogP contribution in [0.25, 0.3) is 0 Å². The van der Waals surface area contributed by atoms with Crippen LogP contribution < -0.4 is 10.1 Å². The minimum absolute atomic E-state index is 0.299. The van der Waals surface area contributed by atoms with Crippen molar-refractivity contribution in [3.63, 3.8) is 0 Å². The molecule has 30 heavy (non-hydrogen) atoms. The molecule has 1 rings (SSSR count). The fraction of sp³-hybridized carbons (Fsp3) is 0.680. The van der Waals surface area contributed by atoms with Crippen LogP contribution in [0, 0.1) is 0 Å². The molecule has 5 heteroatoms. The van der Waals surface area contributed by atoms with E-state index in [2.05, 4.69) is 12.2 Å². The quantitative estimate of drug-likeness (QED) is 0.246. The summed E-state index contributed by atoms with van der Waals surface area (Å²) < 4.78 is 10.4. The average molecular weight is 420 g/mol. The molecule has 0 aliphatic rings. The second-order valence-corrected chi connectivity index (χ2v) is 7.98. The summed E-state index contributed by atoms with van der Waals surface area (Å²) in [6.07, 6.45) is 15.3. The largest absolute Gasteiger partial charge is 0.497 e. The van der Waals surface area contributed by atoms with Crippen molar-refractivity contribution in [1.29, 1.82) is 0 Å². The molecule has 0 aromatic heterocycles. The number of carbonyl (C=O) groups is 2. The Balaban J connectivity index is 2.02. The number of rotatable bonds is 17. The highest BCUT2D eigenvalue weighted by Crippen LogP contribution is 2.13. The summed E-state index contributed by atoms with van der Waals surface area (Å²) in [7, 11) is 1.57. The number of nitrogens with one attached hydrogen (secondary N) is 1. The SMILES string of the molecule is CCCCCCCCCCCCCCOC(=O)C(C)NC(=O)c1ccc(OC)cc1. The van der Waals surface area contributed by atoms with E-state index in [9.17, 15) is 9.59 Å². The standard InChI is InChI=1S/C25H41NO4/c1-4-5-6-7-8-9-10-11-12-13-14-15-20-30-25(28)21(2)26-24(27)22-16-18-23(29-3)19-17-22/h16-19,21H,4-15,20H2,1-3H3,(H,26,27). The number of methoxy groups -OCH3 is 1. The first-order valence-electron chi connectivity index (χ1n) is 11.7. The molecule has 0 saturated carbocycles. The van der Waals surface area contributed by atoms with Crippen LogP contribution >= 0.6 is 0 Å². The highest BCUT2D eigenvalue weighted by molar-refractivity contribution is 5.96. The number of benzene rings is 1. The van der Waals surface area contributed by atoms with Crippen molar-refractivity contribution in [2.45, 2.75) is 96.9 Å². The summed E-state index contributed by atoms with van der Waals surface area (Å²) >= 11 is 0. The van der Waals surface area contributed by atoms with Crippen LogP contribution in [0.2, 0.25) is 0 Å². The normalized spacial score (nSPS) is 11.7. The Morgan fingerprint density at radius 2 is 1.33 bits per heavy atom. The topological polar surface area (TPSA) is 64.6 Å². The van der Waals surface area contributed by atoms with Crippen molar-refractivity contribution >= 4 is 11.9 Å². The predicted molar refractivity (Wildman–Crippen MR) is 122 cm³/mol. The van der Waals surface area contributed by atoms with Gasteiger partial charge in [-0.2, -0.15) is 0 Å². The van der Waals surface area contributed by atoms with E-state index in [4.69, 9.17) is 9.47 Å². The van der Waals surface area contributed by atoms with Gasteiger partial charge in [0.1, 0.15) is 11.8 Å². The summed E-state index contributed by atoms with van der Waals surface area (Å²) in [6, 6.07) is 6.09. The second kappa shape index (κ2) is 16.7. The molecule has 1 unspecified atom stereocenters. The molecular formula is C25H41NO4. The molecule has 0 bridgehead atoms. The van der Waals surface area contributed by atoms with Crippen LogP contribution in [0.1, 0.15) is 101 Å². The van der Waals surface area contributed by atoms with Gasteiger partial charge in [-0.3, -0.25) is 4.79 Å². The number of hydrogen-bond acceptors (Lipinski definition) is 4. The Morgan fingerprint density at radius 1 is 0.833 bits per heavy atom. The van der Waals surface area contributed by atoms with Gasteiger partial charge in [0.05, 0.1) is 13.7 Å². The summed E-state index contributed by atoms with van der Waals surface area (Å²) in [6.45, 7) is 4.31. The molecule has 5 nitrogen and oxygen atoms in total. The molecule has 1 amide bonds. The molecular weight excluding hydrogens is 378 g/mol. The molecule has 1 atom stereocenters. The van der Waals surface area contributed by atoms with Crippen LogP contribution in [-0.2, 0) is 9.53 Å². The average Bonchev–Trinajstić information content (AvgIpc) is 2.76. The summed E-state index contributed by atoms with van der Waals surface area (Å²) in [4.78, 5) is 24.2. The maximum Gasteiger partial charge on any atom is 0.328 e. The molecule has 0 aliphatic heterocycles. The van der Waals surface area contributed by atoms with Crippen LogP contribution in [0.5, 0.6) is 5.75 Å². The molecule has 0 saturated heterocycles. The van der Waals surface area contributed by atoms with Gasteiger partial charge in [0.2, 0.25) is 0 Å². The van der Waals surface area contributed by atoms with Gasteiger partial charge in [-0.25, -0.2) is 4.79 Å². The third kappa shape index (κ3) is 11.8. The summed E-state index contributed by atoms with van der Waals surface area (Å²) in [5.74, 6) is -0.00572. The van der Waals surface area contributed by atoms with E-state index in [0.717, 1.165) is 12.8 Å². The molecule has 0 spiro atoms. The molecule has 1 aromatic rings. The molecule has 0 radical (unpaired) electrons. The fourth-order valence-corrected chi connectivity index (χ4v) is 3.32. The van der Waals surface area contributed by atoms with Crippen molar-refractivity contribution < 1.29 is 19.1 Å². The highest BCUT2D eigenvalue weighted by Gasteiger charge is 2.17. The molecule has 0 aliphatic carbocycles. The first-order valence-corrected chi connectivity index (χ1v) is 11.7. The van der Waals surface area contributed by atoms with E-state index in [1.165, 1.54) is 64.2 Å². The third-order valence-electron chi connectivity index (χ3n) is 5.30. The zero-order valence-corrected chi connectivity index (χ0v) is 19.2. The van der Waals surface area contributed by atoms with Crippen LogP contribution in [0.15, 0.2) is 24.3 Å². The molecule has 1 aromatic carbocycles. The number of ether oxygens (including phenoxy) is 2. The Morgan fingerprint density at radius 3 is 1.83 bits per heavy atom. The van der Waals surface area contributed by atoms with Crippen molar-refractivity contribution in [3.05, 3.63) is 29.8 Å². The third-order valence-corrected chi connectivity index (χ3v) is 5.30. The maximum absolute atomic E-state index is 12.2. The zero-order valence-electron chi connectivity index (χ0n) is 19.2.